The number of ether oxygens (including phenoxy) is 1. The molecule has 0 radical (unpaired) electrons. The fraction of sp³-hybridized carbons (Fsp3) is 0.250. The van der Waals surface area contributed by atoms with Gasteiger partial charge in [-0.1, -0.05) is 12.1 Å². The second-order valence-corrected chi connectivity index (χ2v) is 2.50. The highest BCUT2D eigenvalue weighted by molar-refractivity contribution is 5.85. The number of alkyl halides is 4. The minimum absolute atomic E-state index is 0. The summed E-state index contributed by atoms with van der Waals surface area (Å²) in [5, 5.41) is 0. The third kappa shape index (κ3) is 3.47. The predicted octanol–water partition coefficient (Wildman–Crippen LogP) is 2.93. The van der Waals surface area contributed by atoms with Crippen molar-refractivity contribution < 1.29 is 22.3 Å². The van der Waals surface area contributed by atoms with Crippen LogP contribution < -0.4 is 10.5 Å². The molecule has 7 heteroatoms. The van der Waals surface area contributed by atoms with Gasteiger partial charge in [0.1, 0.15) is 5.75 Å². The number of nitrogens with two attached hydrogens (primary N) is 1. The molecule has 1 aromatic carbocycles. The molecule has 86 valence electrons. The van der Waals surface area contributed by atoms with E-state index in [1.54, 1.807) is 0 Å². The van der Waals surface area contributed by atoms with Gasteiger partial charge in [-0.15, -0.1) is 12.4 Å². The Balaban J connectivity index is 0.00000196. The van der Waals surface area contributed by atoms with Gasteiger partial charge in [0.25, 0.3) is 0 Å². The number of hydrogen-bond donors (Lipinski definition) is 1. The minimum Gasteiger partial charge on any atom is -0.426 e. The first-order chi connectivity index (χ1) is 6.43. The van der Waals surface area contributed by atoms with Gasteiger partial charge in [-0.3, -0.25) is 0 Å². The lowest BCUT2D eigenvalue weighted by Crippen LogP contribution is -2.33. The topological polar surface area (TPSA) is 35.2 Å². The molecule has 1 rings (SSSR count). The summed E-state index contributed by atoms with van der Waals surface area (Å²) in [6, 6.07) is 5.19. The SMILES string of the molecule is Cl.Nc1ccccc1OC(F)(F)C(F)F. The van der Waals surface area contributed by atoms with E-state index in [0.717, 1.165) is 6.07 Å². The lowest BCUT2D eigenvalue weighted by molar-refractivity contribution is -0.252. The van der Waals surface area contributed by atoms with Crippen LogP contribution in [-0.2, 0) is 0 Å². The molecule has 0 amide bonds. The number of nitrogen functional groups attached to an aromatic ring is 1. The number of rotatable bonds is 3. The van der Waals surface area contributed by atoms with E-state index in [-0.39, 0.29) is 18.1 Å². The van der Waals surface area contributed by atoms with Crippen LogP contribution in [0.25, 0.3) is 0 Å². The molecule has 1 aromatic rings. The summed E-state index contributed by atoms with van der Waals surface area (Å²) in [4.78, 5) is 0. The van der Waals surface area contributed by atoms with E-state index in [9.17, 15) is 17.6 Å². The summed E-state index contributed by atoms with van der Waals surface area (Å²) in [6.45, 7) is 0. The van der Waals surface area contributed by atoms with Crippen LogP contribution in [0.5, 0.6) is 5.75 Å². The predicted molar refractivity (Wildman–Crippen MR) is 49.7 cm³/mol. The van der Waals surface area contributed by atoms with Crippen molar-refractivity contribution in [1.29, 1.82) is 0 Å². The van der Waals surface area contributed by atoms with Gasteiger partial charge in [-0.2, -0.15) is 17.6 Å². The third-order valence-electron chi connectivity index (χ3n) is 1.42. The highest BCUT2D eigenvalue weighted by Crippen LogP contribution is 2.30. The normalized spacial score (nSPS) is 11.0. The van der Waals surface area contributed by atoms with E-state index in [4.69, 9.17) is 5.73 Å². The molecule has 0 spiro atoms. The van der Waals surface area contributed by atoms with Crippen molar-refractivity contribution in [3.8, 4) is 5.75 Å². The second kappa shape index (κ2) is 5.06. The van der Waals surface area contributed by atoms with Gasteiger partial charge in [-0.25, -0.2) is 0 Å². The molecular formula is C8H8ClF4NO. The Bertz CT molecular complexity index is 321. The summed E-state index contributed by atoms with van der Waals surface area (Å²) in [6.07, 6.45) is -8.41. The van der Waals surface area contributed by atoms with Crippen LogP contribution in [0.2, 0.25) is 0 Å². The third-order valence-corrected chi connectivity index (χ3v) is 1.42. The molecule has 0 aromatic heterocycles. The molecule has 2 nitrogen and oxygen atoms in total. The Hall–Kier alpha value is -1.17. The van der Waals surface area contributed by atoms with Crippen molar-refractivity contribution in [2.24, 2.45) is 0 Å². The van der Waals surface area contributed by atoms with E-state index in [0.29, 0.717) is 0 Å². The fourth-order valence-electron chi connectivity index (χ4n) is 0.765. The van der Waals surface area contributed by atoms with Gasteiger partial charge in [0.2, 0.25) is 0 Å². The number of para-hydroxylation sites is 2. The van der Waals surface area contributed by atoms with Gasteiger partial charge in [0, 0.05) is 0 Å². The molecule has 0 saturated heterocycles. The molecule has 0 aliphatic carbocycles. The largest absolute Gasteiger partial charge is 0.461 e. The molecule has 15 heavy (non-hydrogen) atoms. The first-order valence-corrected chi connectivity index (χ1v) is 3.63. The zero-order valence-electron chi connectivity index (χ0n) is 7.29. The van der Waals surface area contributed by atoms with Gasteiger partial charge in [0.05, 0.1) is 5.69 Å². The van der Waals surface area contributed by atoms with Crippen molar-refractivity contribution in [2.75, 3.05) is 5.73 Å². The number of benzene rings is 1. The second-order valence-electron chi connectivity index (χ2n) is 2.50. The van der Waals surface area contributed by atoms with Crippen LogP contribution >= 0.6 is 12.4 Å². The standard InChI is InChI=1S/C8H7F4NO.ClH/c9-7(10)8(11,12)14-6-4-2-1-3-5(6)13;/h1-4,7H,13H2;1H. The molecule has 0 aliphatic rings. The van der Waals surface area contributed by atoms with Gasteiger partial charge in [-0.05, 0) is 12.1 Å². The van der Waals surface area contributed by atoms with Crippen LogP contribution in [0.1, 0.15) is 0 Å². The molecule has 0 heterocycles. The minimum atomic E-state index is -4.52. The molecule has 0 unspecified atom stereocenters. The molecule has 2 N–H and O–H groups in total. The summed E-state index contributed by atoms with van der Waals surface area (Å²) in [7, 11) is 0. The van der Waals surface area contributed by atoms with Crippen molar-refractivity contribution >= 4 is 18.1 Å². The van der Waals surface area contributed by atoms with Gasteiger partial charge >= 0.3 is 12.5 Å². The van der Waals surface area contributed by atoms with Crippen LogP contribution in [0.3, 0.4) is 0 Å². The lowest BCUT2D eigenvalue weighted by atomic mass is 10.3. The van der Waals surface area contributed by atoms with E-state index in [1.165, 1.54) is 18.2 Å². The first kappa shape index (κ1) is 13.8. The Kier molecular flexibility index (Phi) is 4.67. The highest BCUT2D eigenvalue weighted by Gasteiger charge is 2.44. The lowest BCUT2D eigenvalue weighted by Gasteiger charge is -2.17. The van der Waals surface area contributed by atoms with Crippen LogP contribution in [-0.4, -0.2) is 12.5 Å². The van der Waals surface area contributed by atoms with E-state index in [1.807, 2.05) is 0 Å². The summed E-state index contributed by atoms with van der Waals surface area (Å²) in [5.41, 5.74) is 5.11. The van der Waals surface area contributed by atoms with Gasteiger partial charge in [0.15, 0.2) is 0 Å². The maximum Gasteiger partial charge on any atom is 0.461 e. The Labute approximate surface area is 89.4 Å². The van der Waals surface area contributed by atoms with Crippen LogP contribution in [0, 0.1) is 0 Å². The molecule has 0 atom stereocenters. The van der Waals surface area contributed by atoms with Crippen molar-refractivity contribution in [1.82, 2.24) is 0 Å². The summed E-state index contributed by atoms with van der Waals surface area (Å²) < 4.78 is 52.0. The average molecular weight is 246 g/mol. The Morgan fingerprint density at radius 1 is 1.20 bits per heavy atom. The monoisotopic (exact) mass is 245 g/mol. The molecule has 0 aliphatic heterocycles. The molecular weight excluding hydrogens is 238 g/mol. The van der Waals surface area contributed by atoms with Gasteiger partial charge < -0.3 is 10.5 Å². The van der Waals surface area contributed by atoms with Crippen LogP contribution in [0.4, 0.5) is 23.2 Å². The molecule has 0 fully saturated rings. The van der Waals surface area contributed by atoms with E-state index in [2.05, 4.69) is 4.74 Å². The maximum absolute atomic E-state index is 12.4. The number of anilines is 1. The zero-order chi connectivity index (χ0) is 10.8. The first-order valence-electron chi connectivity index (χ1n) is 3.63. The summed E-state index contributed by atoms with van der Waals surface area (Å²) >= 11 is 0. The van der Waals surface area contributed by atoms with E-state index >= 15 is 0 Å². The van der Waals surface area contributed by atoms with Crippen molar-refractivity contribution in [3.63, 3.8) is 0 Å². The zero-order valence-corrected chi connectivity index (χ0v) is 8.11. The van der Waals surface area contributed by atoms with Crippen LogP contribution in [0.15, 0.2) is 24.3 Å². The maximum atomic E-state index is 12.4. The smallest absolute Gasteiger partial charge is 0.426 e. The molecule has 0 bridgehead atoms. The number of hydrogen-bond acceptors (Lipinski definition) is 2. The summed E-state index contributed by atoms with van der Waals surface area (Å²) in [5.74, 6) is -0.460. The Morgan fingerprint density at radius 3 is 2.20 bits per heavy atom. The van der Waals surface area contributed by atoms with Crippen molar-refractivity contribution in [2.45, 2.75) is 12.5 Å². The fourth-order valence-corrected chi connectivity index (χ4v) is 0.765. The highest BCUT2D eigenvalue weighted by atomic mass is 35.5. The quantitative estimate of drug-likeness (QED) is 0.656. The van der Waals surface area contributed by atoms with E-state index < -0.39 is 18.3 Å². The Morgan fingerprint density at radius 2 is 1.73 bits per heavy atom. The van der Waals surface area contributed by atoms with Crippen molar-refractivity contribution in [3.05, 3.63) is 24.3 Å². The molecule has 0 saturated carbocycles. The average Bonchev–Trinajstić information content (AvgIpc) is 2.08. The number of halogens is 5.